The third-order valence-electron chi connectivity index (χ3n) is 4.33. The monoisotopic (exact) mass is 279 g/mol. The van der Waals surface area contributed by atoms with Gasteiger partial charge in [0.2, 0.25) is 0 Å². The Morgan fingerprint density at radius 2 is 2.05 bits per heavy atom. The first-order valence-electron chi connectivity index (χ1n) is 7.14. The Morgan fingerprint density at radius 3 is 2.75 bits per heavy atom. The Balaban J connectivity index is 1.52. The summed E-state index contributed by atoms with van der Waals surface area (Å²) in [4.78, 5) is 0. The van der Waals surface area contributed by atoms with E-state index in [0.717, 1.165) is 18.0 Å². The van der Waals surface area contributed by atoms with Gasteiger partial charge in [0.05, 0.1) is 0 Å². The number of ether oxygens (including phenoxy) is 1. The maximum atomic E-state index is 12.3. The predicted molar refractivity (Wildman–Crippen MR) is 73.6 cm³/mol. The molecule has 0 aliphatic heterocycles. The maximum absolute atomic E-state index is 12.3. The van der Waals surface area contributed by atoms with Crippen LogP contribution < -0.4 is 10.1 Å². The molecule has 0 amide bonds. The second-order valence-electron chi connectivity index (χ2n) is 5.66. The molecule has 3 unspecified atom stereocenters. The Labute approximate surface area is 117 Å². The van der Waals surface area contributed by atoms with Crippen molar-refractivity contribution in [3.63, 3.8) is 0 Å². The largest absolute Gasteiger partial charge is 0.434 e. The molecule has 20 heavy (non-hydrogen) atoms. The van der Waals surface area contributed by atoms with Crippen LogP contribution in [0.1, 0.15) is 18.4 Å². The Bertz CT molecular complexity index is 489. The topological polar surface area (TPSA) is 21.3 Å². The number of allylic oxidation sites excluding steroid dienone is 2. The molecule has 3 atom stereocenters. The lowest BCUT2D eigenvalue weighted by Crippen LogP contribution is -2.25. The molecule has 0 aromatic heterocycles. The number of halogens is 2. The van der Waals surface area contributed by atoms with Gasteiger partial charge in [0.25, 0.3) is 0 Å². The molecule has 4 heteroatoms. The number of rotatable bonds is 6. The molecule has 3 rings (SSSR count). The van der Waals surface area contributed by atoms with Crippen LogP contribution in [0.3, 0.4) is 0 Å². The van der Waals surface area contributed by atoms with Gasteiger partial charge in [-0.05, 0) is 43.2 Å². The number of hydrogen-bond donors (Lipinski definition) is 1. The summed E-state index contributed by atoms with van der Waals surface area (Å²) in [7, 11) is 0. The zero-order valence-corrected chi connectivity index (χ0v) is 11.3. The van der Waals surface area contributed by atoms with Crippen LogP contribution in [-0.2, 0) is 6.54 Å². The highest BCUT2D eigenvalue weighted by molar-refractivity contribution is 5.33. The molecule has 1 aromatic rings. The zero-order chi connectivity index (χ0) is 13.9. The van der Waals surface area contributed by atoms with Gasteiger partial charge < -0.3 is 10.1 Å². The Kier molecular flexibility index (Phi) is 4.01. The predicted octanol–water partition coefficient (Wildman–Crippen LogP) is 3.59. The first-order chi connectivity index (χ1) is 9.72. The van der Waals surface area contributed by atoms with Crippen molar-refractivity contribution < 1.29 is 13.5 Å². The molecule has 1 fully saturated rings. The van der Waals surface area contributed by atoms with E-state index >= 15 is 0 Å². The standard InChI is InChI=1S/C16H19F2NO/c17-16(18)20-15-4-2-1-3-13(15)9-19-10-14-8-11-5-6-12(14)7-11/h1-6,11-12,14,16,19H,7-10H2. The third-order valence-corrected chi connectivity index (χ3v) is 4.33. The van der Waals surface area contributed by atoms with Crippen LogP contribution in [0, 0.1) is 17.8 Å². The quantitative estimate of drug-likeness (QED) is 0.803. The molecule has 0 saturated heterocycles. The third kappa shape index (κ3) is 3.01. The molecule has 2 aliphatic carbocycles. The Morgan fingerprint density at radius 1 is 1.20 bits per heavy atom. The van der Waals surface area contributed by atoms with Crippen molar-refractivity contribution in [2.24, 2.45) is 17.8 Å². The maximum Gasteiger partial charge on any atom is 0.387 e. The molecular weight excluding hydrogens is 260 g/mol. The average Bonchev–Trinajstić information content (AvgIpc) is 3.02. The van der Waals surface area contributed by atoms with Crippen molar-refractivity contribution >= 4 is 0 Å². The molecule has 2 aliphatic rings. The van der Waals surface area contributed by atoms with E-state index in [4.69, 9.17) is 0 Å². The van der Waals surface area contributed by atoms with Gasteiger partial charge in [0, 0.05) is 12.1 Å². The minimum absolute atomic E-state index is 0.267. The van der Waals surface area contributed by atoms with Crippen LogP contribution >= 0.6 is 0 Å². The fourth-order valence-electron chi connectivity index (χ4n) is 3.38. The fraction of sp³-hybridized carbons (Fsp3) is 0.500. The van der Waals surface area contributed by atoms with E-state index < -0.39 is 6.61 Å². The summed E-state index contributed by atoms with van der Waals surface area (Å²) >= 11 is 0. The molecule has 0 spiro atoms. The minimum Gasteiger partial charge on any atom is -0.434 e. The van der Waals surface area contributed by atoms with Crippen LogP contribution in [0.5, 0.6) is 5.75 Å². The second-order valence-corrected chi connectivity index (χ2v) is 5.66. The van der Waals surface area contributed by atoms with Crippen molar-refractivity contribution in [1.82, 2.24) is 5.32 Å². The van der Waals surface area contributed by atoms with E-state index in [1.54, 1.807) is 12.1 Å². The van der Waals surface area contributed by atoms with Crippen LogP contribution in [-0.4, -0.2) is 13.2 Å². The number of benzene rings is 1. The Hall–Kier alpha value is -1.42. The van der Waals surface area contributed by atoms with E-state index in [1.807, 2.05) is 12.1 Å². The first-order valence-corrected chi connectivity index (χ1v) is 7.14. The van der Waals surface area contributed by atoms with E-state index in [-0.39, 0.29) is 5.75 Å². The van der Waals surface area contributed by atoms with Crippen LogP contribution in [0.15, 0.2) is 36.4 Å². The number of para-hydroxylation sites is 1. The summed E-state index contributed by atoms with van der Waals surface area (Å²) in [5.41, 5.74) is 0.784. The summed E-state index contributed by atoms with van der Waals surface area (Å²) in [6, 6.07) is 6.96. The fourth-order valence-corrected chi connectivity index (χ4v) is 3.38. The number of fused-ring (bicyclic) bond motifs is 2. The highest BCUT2D eigenvalue weighted by atomic mass is 19.3. The molecule has 0 radical (unpaired) electrons. The van der Waals surface area contributed by atoms with Crippen molar-refractivity contribution in [2.45, 2.75) is 26.0 Å². The SMILES string of the molecule is FC(F)Oc1ccccc1CNCC1CC2C=CC1C2. The van der Waals surface area contributed by atoms with E-state index in [2.05, 4.69) is 22.2 Å². The first kappa shape index (κ1) is 13.6. The lowest BCUT2D eigenvalue weighted by atomic mass is 9.93. The van der Waals surface area contributed by atoms with Gasteiger partial charge in [0.15, 0.2) is 0 Å². The normalized spacial score (nSPS) is 27.4. The molecule has 108 valence electrons. The summed E-state index contributed by atoms with van der Waals surface area (Å²) in [5, 5.41) is 3.38. The summed E-state index contributed by atoms with van der Waals surface area (Å²) in [5.74, 6) is 2.43. The van der Waals surface area contributed by atoms with Crippen molar-refractivity contribution in [3.8, 4) is 5.75 Å². The van der Waals surface area contributed by atoms with Crippen LogP contribution in [0.2, 0.25) is 0 Å². The second kappa shape index (κ2) is 5.92. The zero-order valence-electron chi connectivity index (χ0n) is 11.3. The molecule has 0 heterocycles. The van der Waals surface area contributed by atoms with Gasteiger partial charge in [-0.25, -0.2) is 0 Å². The number of nitrogens with one attached hydrogen (secondary N) is 1. The molecule has 1 N–H and O–H groups in total. The highest BCUT2D eigenvalue weighted by Gasteiger charge is 2.34. The summed E-state index contributed by atoms with van der Waals surface area (Å²) in [6.45, 7) is -1.26. The van der Waals surface area contributed by atoms with Crippen LogP contribution in [0.4, 0.5) is 8.78 Å². The van der Waals surface area contributed by atoms with Crippen molar-refractivity contribution in [1.29, 1.82) is 0 Å². The molecule has 2 bridgehead atoms. The smallest absolute Gasteiger partial charge is 0.387 e. The van der Waals surface area contributed by atoms with Gasteiger partial charge in [-0.15, -0.1) is 0 Å². The highest BCUT2D eigenvalue weighted by Crippen LogP contribution is 2.42. The van der Waals surface area contributed by atoms with E-state index in [1.165, 1.54) is 12.8 Å². The average molecular weight is 279 g/mol. The van der Waals surface area contributed by atoms with Gasteiger partial charge in [0.1, 0.15) is 5.75 Å². The molecule has 1 saturated carbocycles. The summed E-state index contributed by atoms with van der Waals surface area (Å²) in [6.07, 6.45) is 7.20. The van der Waals surface area contributed by atoms with Gasteiger partial charge in [-0.3, -0.25) is 0 Å². The molecule has 2 nitrogen and oxygen atoms in total. The summed E-state index contributed by atoms with van der Waals surface area (Å²) < 4.78 is 29.2. The number of hydrogen-bond acceptors (Lipinski definition) is 2. The molecular formula is C16H19F2NO. The minimum atomic E-state index is -2.77. The van der Waals surface area contributed by atoms with Crippen LogP contribution in [0.25, 0.3) is 0 Å². The van der Waals surface area contributed by atoms with Gasteiger partial charge in [-0.2, -0.15) is 8.78 Å². The van der Waals surface area contributed by atoms with Crippen molar-refractivity contribution in [2.75, 3.05) is 6.54 Å². The van der Waals surface area contributed by atoms with Crippen molar-refractivity contribution in [3.05, 3.63) is 42.0 Å². The van der Waals surface area contributed by atoms with E-state index in [9.17, 15) is 8.78 Å². The lowest BCUT2D eigenvalue weighted by Gasteiger charge is -2.19. The van der Waals surface area contributed by atoms with Gasteiger partial charge >= 0.3 is 6.61 Å². The van der Waals surface area contributed by atoms with E-state index in [0.29, 0.717) is 18.4 Å². The lowest BCUT2D eigenvalue weighted by molar-refractivity contribution is -0.0505. The number of alkyl halides is 2. The molecule has 1 aromatic carbocycles. The van der Waals surface area contributed by atoms with Gasteiger partial charge in [-0.1, -0.05) is 30.4 Å².